The Morgan fingerprint density at radius 3 is 2.26 bits per heavy atom. The van der Waals surface area contributed by atoms with E-state index in [0.29, 0.717) is 18.4 Å². The molecule has 0 saturated carbocycles. The molecule has 0 aromatic heterocycles. The van der Waals surface area contributed by atoms with Gasteiger partial charge in [-0.25, -0.2) is 0 Å². The molecule has 2 aliphatic rings. The molecule has 2 aliphatic heterocycles. The van der Waals surface area contributed by atoms with E-state index in [2.05, 4.69) is 52.5 Å². The summed E-state index contributed by atoms with van der Waals surface area (Å²) in [6.07, 6.45) is 6.91. The number of piperidine rings is 1. The van der Waals surface area contributed by atoms with Crippen molar-refractivity contribution in [2.45, 2.75) is 31.7 Å². The normalized spacial score (nSPS) is 18.9. The molecule has 2 fully saturated rings. The molecular formula is C27H38ClN3O3. The van der Waals surface area contributed by atoms with Crippen LogP contribution in [0.4, 0.5) is 0 Å². The van der Waals surface area contributed by atoms with Gasteiger partial charge in [0.1, 0.15) is 18.3 Å². The number of benzene rings is 2. The van der Waals surface area contributed by atoms with Crippen molar-refractivity contribution in [3.8, 4) is 5.75 Å². The number of hydrogen-bond donors (Lipinski definition) is 2. The highest BCUT2D eigenvalue weighted by atomic mass is 35.5. The Balaban J connectivity index is 0.000000228. The van der Waals surface area contributed by atoms with Gasteiger partial charge < -0.3 is 20.1 Å². The smallest absolute Gasteiger partial charge is 0.150 e. The molecule has 4 rings (SSSR count). The Morgan fingerprint density at radius 2 is 1.76 bits per heavy atom. The summed E-state index contributed by atoms with van der Waals surface area (Å²) in [4.78, 5) is 24.7. The summed E-state index contributed by atoms with van der Waals surface area (Å²) in [5.41, 5.74) is 1.98. The van der Waals surface area contributed by atoms with Crippen LogP contribution in [0.3, 0.4) is 0 Å². The third-order valence-corrected chi connectivity index (χ3v) is 6.60. The summed E-state index contributed by atoms with van der Waals surface area (Å²) in [6.45, 7) is 5.66. The van der Waals surface area contributed by atoms with E-state index in [0.717, 1.165) is 18.2 Å². The van der Waals surface area contributed by atoms with Gasteiger partial charge in [-0.2, -0.15) is 0 Å². The summed E-state index contributed by atoms with van der Waals surface area (Å²) in [7, 11) is 3.98. The number of nitrogens with zero attached hydrogens (tertiary/aromatic N) is 2. The van der Waals surface area contributed by atoms with Crippen LogP contribution in [0.25, 0.3) is 0 Å². The second-order valence-electron chi connectivity index (χ2n) is 8.93. The van der Waals surface area contributed by atoms with Crippen molar-refractivity contribution in [1.29, 1.82) is 0 Å². The zero-order valence-electron chi connectivity index (χ0n) is 20.3. The number of likely N-dealkylation sites (N-methyl/N-ethyl adjacent to an activating group) is 2. The van der Waals surface area contributed by atoms with Gasteiger partial charge in [0.15, 0.2) is 0 Å². The Kier molecular flexibility index (Phi) is 12.9. The van der Waals surface area contributed by atoms with E-state index in [1.54, 1.807) is 7.05 Å². The number of nitrogens with one attached hydrogen (secondary N) is 1. The minimum absolute atomic E-state index is 0.00716. The molecule has 0 aliphatic carbocycles. The molecule has 2 saturated heterocycles. The zero-order valence-corrected chi connectivity index (χ0v) is 21.1. The maximum absolute atomic E-state index is 10.1. The van der Waals surface area contributed by atoms with Crippen LogP contribution in [-0.2, 0) is 11.2 Å². The van der Waals surface area contributed by atoms with Crippen molar-refractivity contribution in [2.24, 2.45) is 5.92 Å². The van der Waals surface area contributed by atoms with Crippen LogP contribution in [0.2, 0.25) is 5.02 Å². The van der Waals surface area contributed by atoms with Crippen molar-refractivity contribution >= 4 is 24.2 Å². The molecule has 186 valence electrons. The first-order valence-electron chi connectivity index (χ1n) is 11.9. The van der Waals surface area contributed by atoms with Crippen LogP contribution < -0.4 is 5.32 Å². The molecule has 0 bridgehead atoms. The number of phenolic OH excluding ortho intramolecular Hbond substituents is 1. The summed E-state index contributed by atoms with van der Waals surface area (Å²) < 4.78 is 0. The molecule has 1 atom stereocenters. The van der Waals surface area contributed by atoms with Crippen LogP contribution in [-0.4, -0.2) is 80.3 Å². The maximum Gasteiger partial charge on any atom is 0.150 e. The third-order valence-electron chi connectivity index (χ3n) is 6.29. The van der Waals surface area contributed by atoms with Crippen LogP contribution in [0.15, 0.2) is 48.5 Å². The van der Waals surface area contributed by atoms with Crippen LogP contribution in [0.5, 0.6) is 5.75 Å². The van der Waals surface area contributed by atoms with Gasteiger partial charge in [-0.05, 0) is 89.1 Å². The van der Waals surface area contributed by atoms with Gasteiger partial charge in [-0.3, -0.25) is 9.69 Å². The summed E-state index contributed by atoms with van der Waals surface area (Å²) in [5.74, 6) is 0.894. The van der Waals surface area contributed by atoms with Crippen molar-refractivity contribution in [1.82, 2.24) is 15.1 Å². The standard InChI is InChI=1S/C17H26N2.C7H5ClO2.C3H7NO/c1-18-10-9-17(14-18)19-11-7-16(8-12-19)13-15-5-3-2-4-6-15;8-6-3-5(4-9)1-2-7(6)10;1-4-2-3-5/h2-6,16-17H,7-14H2,1H3;1-4,10H;3-4H,2H2,1H3. The van der Waals surface area contributed by atoms with Crippen molar-refractivity contribution in [3.63, 3.8) is 0 Å². The number of rotatable bonds is 6. The van der Waals surface area contributed by atoms with Gasteiger partial charge in [-0.15, -0.1) is 0 Å². The van der Waals surface area contributed by atoms with Gasteiger partial charge in [-0.1, -0.05) is 41.9 Å². The van der Waals surface area contributed by atoms with E-state index in [9.17, 15) is 9.59 Å². The molecule has 2 heterocycles. The molecule has 2 N–H and O–H groups in total. The van der Waals surface area contributed by atoms with Gasteiger partial charge in [0.05, 0.1) is 11.6 Å². The fraction of sp³-hybridized carbons (Fsp3) is 0.481. The monoisotopic (exact) mass is 487 g/mol. The van der Waals surface area contributed by atoms with E-state index >= 15 is 0 Å². The van der Waals surface area contributed by atoms with Crippen LogP contribution in [0.1, 0.15) is 35.2 Å². The zero-order chi connectivity index (χ0) is 24.8. The lowest BCUT2D eigenvalue weighted by molar-refractivity contribution is -0.107. The average Bonchev–Trinajstić information content (AvgIpc) is 3.29. The number of halogens is 1. The van der Waals surface area contributed by atoms with Gasteiger partial charge >= 0.3 is 0 Å². The third kappa shape index (κ3) is 9.94. The Morgan fingerprint density at radius 1 is 1.06 bits per heavy atom. The second kappa shape index (κ2) is 15.6. The first-order valence-corrected chi connectivity index (χ1v) is 12.3. The van der Waals surface area contributed by atoms with E-state index in [4.69, 9.17) is 16.7 Å². The van der Waals surface area contributed by atoms with Gasteiger partial charge in [0.2, 0.25) is 0 Å². The quantitative estimate of drug-likeness (QED) is 0.602. The molecule has 7 heteroatoms. The summed E-state index contributed by atoms with van der Waals surface area (Å²) in [6, 6.07) is 16.1. The maximum atomic E-state index is 10.1. The number of hydrogen-bond acceptors (Lipinski definition) is 6. The average molecular weight is 488 g/mol. The van der Waals surface area contributed by atoms with E-state index in [1.807, 2.05) is 0 Å². The minimum atomic E-state index is -0.00716. The highest BCUT2D eigenvalue weighted by Gasteiger charge is 2.28. The number of phenols is 1. The molecule has 0 radical (unpaired) electrons. The summed E-state index contributed by atoms with van der Waals surface area (Å²) in [5, 5.41) is 11.7. The first kappa shape index (κ1) is 28.0. The van der Waals surface area contributed by atoms with E-state index < -0.39 is 0 Å². The molecule has 0 amide bonds. The second-order valence-corrected chi connectivity index (χ2v) is 9.33. The SMILES string of the molecule is CN1CCC(N2CCC(Cc3ccccc3)CC2)C1.CNCC=O.O=Cc1ccc(O)c(Cl)c1. The van der Waals surface area contributed by atoms with Gasteiger partial charge in [0.25, 0.3) is 0 Å². The van der Waals surface area contributed by atoms with Crippen molar-refractivity contribution in [2.75, 3.05) is 46.8 Å². The molecular weight excluding hydrogens is 450 g/mol. The van der Waals surface area contributed by atoms with Crippen LogP contribution >= 0.6 is 11.6 Å². The molecule has 0 spiro atoms. The molecule has 2 aromatic carbocycles. The van der Waals surface area contributed by atoms with Crippen molar-refractivity contribution in [3.05, 3.63) is 64.7 Å². The van der Waals surface area contributed by atoms with Crippen molar-refractivity contribution < 1.29 is 14.7 Å². The molecule has 2 aromatic rings. The topological polar surface area (TPSA) is 72.9 Å². The van der Waals surface area contributed by atoms with Gasteiger partial charge in [0, 0.05) is 18.2 Å². The van der Waals surface area contributed by atoms with E-state index in [1.165, 1.54) is 75.6 Å². The number of likely N-dealkylation sites (tertiary alicyclic amines) is 2. The Bertz CT molecular complexity index is 857. The predicted molar refractivity (Wildman–Crippen MR) is 139 cm³/mol. The lowest BCUT2D eigenvalue weighted by Gasteiger charge is -2.36. The Labute approximate surface area is 208 Å². The number of aldehydes is 2. The summed E-state index contributed by atoms with van der Waals surface area (Å²) >= 11 is 5.48. The van der Waals surface area contributed by atoms with Crippen LogP contribution in [0, 0.1) is 5.92 Å². The Hall–Kier alpha value is -2.25. The predicted octanol–water partition coefficient (Wildman–Crippen LogP) is 3.91. The fourth-order valence-electron chi connectivity index (χ4n) is 4.36. The fourth-order valence-corrected chi connectivity index (χ4v) is 4.55. The number of carbonyl (C=O) groups is 2. The largest absolute Gasteiger partial charge is 0.506 e. The highest BCUT2D eigenvalue weighted by Crippen LogP contribution is 2.25. The molecule has 6 nitrogen and oxygen atoms in total. The first-order chi connectivity index (χ1) is 16.5. The molecule has 34 heavy (non-hydrogen) atoms. The highest BCUT2D eigenvalue weighted by molar-refractivity contribution is 6.32. The number of aromatic hydroxyl groups is 1. The lowest BCUT2D eigenvalue weighted by atomic mass is 9.89. The number of carbonyl (C=O) groups excluding carboxylic acids is 2. The minimum Gasteiger partial charge on any atom is -0.506 e. The van der Waals surface area contributed by atoms with E-state index in [-0.39, 0.29) is 10.8 Å². The molecule has 1 unspecified atom stereocenters. The lowest BCUT2D eigenvalue weighted by Crippen LogP contribution is -2.42.